The van der Waals surface area contributed by atoms with E-state index in [1.807, 2.05) is 90.1 Å². The zero-order valence-corrected chi connectivity index (χ0v) is 40.8. The van der Waals surface area contributed by atoms with Crippen LogP contribution in [-0.4, -0.2) is 67.1 Å². The Hall–Kier alpha value is -4.51. The first-order chi connectivity index (χ1) is 28.9. The molecule has 3 saturated heterocycles. The Labute approximate surface area is 386 Å². The minimum atomic E-state index is -1.13. The molecule has 2 bridgehead atoms. The summed E-state index contributed by atoms with van der Waals surface area (Å²) in [6.07, 6.45) is 8.12. The first kappa shape index (κ1) is 49.5. The first-order valence-corrected chi connectivity index (χ1v) is 22.2. The molecule has 10 heteroatoms. The number of nitrogens with zero attached hydrogens (tertiary/aromatic N) is 4. The van der Waals surface area contributed by atoms with Crippen LogP contribution in [0.15, 0.2) is 77.4 Å². The topological polar surface area (TPSA) is 122 Å². The van der Waals surface area contributed by atoms with Gasteiger partial charge in [-0.15, -0.1) is 6.58 Å². The van der Waals surface area contributed by atoms with E-state index in [-0.39, 0.29) is 51.7 Å². The third kappa shape index (κ3) is 11.1. The molecule has 0 spiro atoms. The second-order valence-corrected chi connectivity index (χ2v) is 21.6. The molecule has 63 heavy (non-hydrogen) atoms. The molecule has 4 heterocycles. The molecule has 0 saturated carbocycles. The zero-order chi connectivity index (χ0) is 45.5. The molecule has 1 radical (unpaired) electrons. The Balaban J connectivity index is 0.00000748. The van der Waals surface area contributed by atoms with Crippen LogP contribution in [0.1, 0.15) is 141 Å². The predicted octanol–water partition coefficient (Wildman–Crippen LogP) is 9.67. The average molecular weight is 900 g/mol. The number of carbonyl (C=O) groups is 1. The maximum atomic E-state index is 15.0. The zero-order valence-electron chi connectivity index (χ0n) is 39.7. The minimum Gasteiger partial charge on any atom is -0.872 e. The predicted molar refractivity (Wildman–Crippen MR) is 249 cm³/mol. The molecule has 0 N–H and O–H groups in total. The fraction of sp³-hybridized carbons (Fsp3) is 0.509. The monoisotopic (exact) mass is 899 g/mol. The normalized spacial score (nSPS) is 20.5. The van der Waals surface area contributed by atoms with E-state index in [4.69, 9.17) is 19.5 Å². The quantitative estimate of drug-likeness (QED) is 0.0835. The number of methoxy groups -OCH3 is 1. The van der Waals surface area contributed by atoms with Crippen LogP contribution >= 0.6 is 0 Å². The van der Waals surface area contributed by atoms with E-state index in [0.29, 0.717) is 39.8 Å². The number of hydrogen-bond acceptors (Lipinski definition) is 9. The molecular formula is C53H68CoN4O5. The van der Waals surface area contributed by atoms with Gasteiger partial charge in [-0.2, -0.15) is 0 Å². The van der Waals surface area contributed by atoms with Gasteiger partial charge in [0.15, 0.2) is 6.04 Å². The van der Waals surface area contributed by atoms with Crippen molar-refractivity contribution in [2.45, 2.75) is 136 Å². The van der Waals surface area contributed by atoms with Crippen LogP contribution in [0.2, 0.25) is 0 Å². The molecule has 3 aliphatic heterocycles. The Morgan fingerprint density at radius 1 is 0.857 bits per heavy atom. The van der Waals surface area contributed by atoms with Crippen LogP contribution in [0.25, 0.3) is 10.9 Å². The molecule has 1 aromatic heterocycles. The van der Waals surface area contributed by atoms with E-state index in [9.17, 15) is 15.0 Å². The van der Waals surface area contributed by atoms with Crippen LogP contribution in [0, 0.1) is 11.8 Å². The van der Waals surface area contributed by atoms with Gasteiger partial charge in [0.05, 0.1) is 25.2 Å². The molecule has 3 aromatic carbocycles. The van der Waals surface area contributed by atoms with Crippen LogP contribution < -0.4 is 14.9 Å². The number of aromatic nitrogens is 1. The molecule has 7 rings (SSSR count). The van der Waals surface area contributed by atoms with Crippen molar-refractivity contribution in [1.82, 2.24) is 9.88 Å². The largest absolute Gasteiger partial charge is 2.00 e. The number of fused-ring (bicyclic) bond motifs is 4. The fourth-order valence-electron chi connectivity index (χ4n) is 8.84. The van der Waals surface area contributed by atoms with E-state index >= 15 is 0 Å². The Morgan fingerprint density at radius 2 is 1.44 bits per heavy atom. The minimum absolute atomic E-state index is 0. The molecule has 6 atom stereocenters. The summed E-state index contributed by atoms with van der Waals surface area (Å²) >= 11 is 0. The van der Waals surface area contributed by atoms with Gasteiger partial charge >= 0.3 is 22.7 Å². The maximum Gasteiger partial charge on any atom is 2.00 e. The standard InChI is InChI=1S/C53H70N4O5.Co/c1-15-32-31-57-21-19-33(32)24-45(57)48(39-18-20-55-43-17-16-38(61-14)27-40(39)43)62-49(60)44(56-29-35-23-37(51(5,6)7)26-42(47(35)59)53(11,12)13)30-54-28-34-22-36(50(2,3)4)25-41(46(34)58)52(8,9)10;/h15-18,20,22-23,25-29,32-33,44-45,48,58-59H,1,19,21,24,30-31H2,2-14H3;/q;+2/p-2/t32-,33-,44+,45-,48+;/m0./s1. The number of benzene rings is 3. The van der Waals surface area contributed by atoms with Gasteiger partial charge in [0, 0.05) is 36.1 Å². The number of esters is 1. The molecule has 0 aliphatic carbocycles. The van der Waals surface area contributed by atoms with Crippen molar-refractivity contribution >= 4 is 29.3 Å². The summed E-state index contributed by atoms with van der Waals surface area (Å²) in [6, 6.07) is 14.2. The van der Waals surface area contributed by atoms with Gasteiger partial charge in [-0.1, -0.05) is 125 Å². The van der Waals surface area contributed by atoms with Crippen molar-refractivity contribution < 1.29 is 41.3 Å². The number of aliphatic imine (C=N–C) groups is 2. The summed E-state index contributed by atoms with van der Waals surface area (Å²) in [4.78, 5) is 31.7. The van der Waals surface area contributed by atoms with Crippen molar-refractivity contribution in [3.63, 3.8) is 0 Å². The third-order valence-corrected chi connectivity index (χ3v) is 12.8. The first-order valence-electron chi connectivity index (χ1n) is 22.2. The fourth-order valence-corrected chi connectivity index (χ4v) is 8.84. The van der Waals surface area contributed by atoms with Crippen LogP contribution in [0.3, 0.4) is 0 Å². The Bertz CT molecular complexity index is 2360. The van der Waals surface area contributed by atoms with Crippen molar-refractivity contribution in [3.8, 4) is 17.2 Å². The summed E-state index contributed by atoms with van der Waals surface area (Å²) in [6.45, 7) is 30.6. The van der Waals surface area contributed by atoms with E-state index in [1.165, 1.54) is 6.21 Å². The Morgan fingerprint density at radius 3 is 1.95 bits per heavy atom. The van der Waals surface area contributed by atoms with Crippen molar-refractivity contribution in [1.29, 1.82) is 0 Å². The third-order valence-electron chi connectivity index (χ3n) is 12.8. The van der Waals surface area contributed by atoms with Gasteiger partial charge in [-0.3, -0.25) is 19.9 Å². The number of hydrogen-bond donors (Lipinski definition) is 0. The molecule has 1 unspecified atom stereocenters. The summed E-state index contributed by atoms with van der Waals surface area (Å²) in [5, 5.41) is 28.9. The second-order valence-electron chi connectivity index (χ2n) is 21.6. The van der Waals surface area contributed by atoms with Crippen LogP contribution in [-0.2, 0) is 48.0 Å². The van der Waals surface area contributed by atoms with Crippen molar-refractivity contribution in [2.75, 3.05) is 26.7 Å². The van der Waals surface area contributed by atoms with Crippen molar-refractivity contribution in [2.24, 2.45) is 21.8 Å². The maximum absolute atomic E-state index is 15.0. The van der Waals surface area contributed by atoms with Gasteiger partial charge in [-0.25, -0.2) is 4.79 Å². The average Bonchev–Trinajstić information content (AvgIpc) is 3.20. The van der Waals surface area contributed by atoms with Crippen molar-refractivity contribution in [3.05, 3.63) is 106 Å². The summed E-state index contributed by atoms with van der Waals surface area (Å²) in [5.41, 5.74) is 4.57. The molecule has 0 amide bonds. The van der Waals surface area contributed by atoms with E-state index in [1.54, 1.807) is 19.5 Å². The van der Waals surface area contributed by atoms with Gasteiger partial charge in [0.2, 0.25) is 0 Å². The van der Waals surface area contributed by atoms with Crippen LogP contribution in [0.5, 0.6) is 17.2 Å². The van der Waals surface area contributed by atoms with Gasteiger partial charge in [0.25, 0.3) is 0 Å². The van der Waals surface area contributed by atoms with E-state index in [0.717, 1.165) is 53.5 Å². The molecular weight excluding hydrogens is 832 g/mol. The number of ether oxygens (including phenoxy) is 2. The van der Waals surface area contributed by atoms with E-state index in [2.05, 4.69) is 64.1 Å². The van der Waals surface area contributed by atoms with Crippen LogP contribution in [0.4, 0.5) is 0 Å². The molecule has 339 valence electrons. The Kier molecular flexibility index (Phi) is 14.9. The summed E-state index contributed by atoms with van der Waals surface area (Å²) < 4.78 is 12.4. The number of rotatable bonds is 11. The summed E-state index contributed by atoms with van der Waals surface area (Å²) in [7, 11) is 1.63. The molecule has 3 aliphatic rings. The molecule has 3 fully saturated rings. The van der Waals surface area contributed by atoms with Gasteiger partial charge in [-0.05, 0) is 111 Å². The van der Waals surface area contributed by atoms with E-state index < -0.39 is 28.9 Å². The van der Waals surface area contributed by atoms with Gasteiger partial charge in [0.1, 0.15) is 11.9 Å². The second kappa shape index (κ2) is 18.9. The summed E-state index contributed by atoms with van der Waals surface area (Å²) in [5.74, 6) is 0.649. The molecule has 9 nitrogen and oxygen atoms in total. The number of piperidine rings is 3. The van der Waals surface area contributed by atoms with Gasteiger partial charge < -0.3 is 19.7 Å². The molecule has 4 aromatic rings. The number of pyridine rings is 1. The number of carbonyl (C=O) groups excluding carboxylic acids is 1. The smallest absolute Gasteiger partial charge is 0.872 e. The SMILES string of the molecule is C=C[C@H]1CN2CC[C@H]1C[C@H]2[C@H](OC(=O)[C@@H](CN=Cc1cc(C(C)(C)C)cc(C(C)(C)C)c1[O-])N=Cc1cc(C(C)(C)C)cc(C(C)(C)C)c1[O-])c1ccnc2ccc(OC)cc12.[Co+2].